The smallest absolute Gasteiger partial charge is 0.312 e. The van der Waals surface area contributed by atoms with E-state index in [2.05, 4.69) is 0 Å². The molecule has 0 amide bonds. The lowest BCUT2D eigenvalue weighted by Crippen LogP contribution is -2.45. The van der Waals surface area contributed by atoms with Crippen molar-refractivity contribution >= 4 is 17.9 Å². The Kier molecular flexibility index (Phi) is 29.1. The van der Waals surface area contributed by atoms with Gasteiger partial charge in [-0.3, -0.25) is 14.4 Å². The molecular weight excluding hydrogens is 612 g/mol. The molecule has 0 fully saturated rings. The molecule has 0 aromatic rings. The summed E-state index contributed by atoms with van der Waals surface area (Å²) in [6.07, 6.45) is 0. The molecule has 0 aromatic heterocycles. The lowest BCUT2D eigenvalue weighted by molar-refractivity contribution is -0.173. The van der Waals surface area contributed by atoms with E-state index in [1.54, 1.807) is 14.0 Å². The van der Waals surface area contributed by atoms with Crippen LogP contribution in [0.4, 0.5) is 0 Å². The molecule has 272 valence electrons. The van der Waals surface area contributed by atoms with Crippen LogP contribution in [0.5, 0.6) is 0 Å². The second-order valence-corrected chi connectivity index (χ2v) is 10.3. The summed E-state index contributed by atoms with van der Waals surface area (Å²) in [5.41, 5.74) is -1.28. The van der Waals surface area contributed by atoms with E-state index in [-0.39, 0.29) is 19.8 Å². The maximum Gasteiger partial charge on any atom is 0.312 e. The minimum absolute atomic E-state index is 0.0121. The van der Waals surface area contributed by atoms with E-state index in [9.17, 15) is 14.4 Å². The second kappa shape index (κ2) is 30.4. The van der Waals surface area contributed by atoms with Gasteiger partial charge in [0.25, 0.3) is 0 Å². The minimum atomic E-state index is -1.28. The van der Waals surface area contributed by atoms with Gasteiger partial charge in [-0.1, -0.05) is 6.92 Å². The Bertz CT molecular complexity index is 749. The maximum absolute atomic E-state index is 12.6. The van der Waals surface area contributed by atoms with Gasteiger partial charge in [0.05, 0.1) is 143 Å². The first kappa shape index (κ1) is 44.0. The van der Waals surface area contributed by atoms with E-state index in [0.29, 0.717) is 106 Å². The molecule has 15 heteroatoms. The van der Waals surface area contributed by atoms with Gasteiger partial charge in [0.15, 0.2) is 0 Å². The van der Waals surface area contributed by atoms with E-state index in [1.807, 2.05) is 0 Å². The van der Waals surface area contributed by atoms with Crippen molar-refractivity contribution in [2.45, 2.75) is 27.7 Å². The Balaban J connectivity index is 3.61. The first-order chi connectivity index (χ1) is 22.2. The van der Waals surface area contributed by atoms with Gasteiger partial charge in [-0.25, -0.2) is 0 Å². The van der Waals surface area contributed by atoms with Crippen molar-refractivity contribution in [3.05, 3.63) is 0 Å². The number of carbonyl (C=O) groups excluding carboxylic acids is 3. The molecule has 0 N–H and O–H groups in total. The quantitative estimate of drug-likeness (QED) is 0.0558. The Morgan fingerprint density at radius 2 is 0.826 bits per heavy atom. The van der Waals surface area contributed by atoms with E-state index in [4.69, 9.17) is 56.8 Å². The number of hydrogen-bond acceptors (Lipinski definition) is 15. The average Bonchev–Trinajstić information content (AvgIpc) is 3.03. The highest BCUT2D eigenvalue weighted by molar-refractivity contribution is 5.89. The third kappa shape index (κ3) is 22.6. The van der Waals surface area contributed by atoms with Gasteiger partial charge in [-0.05, 0) is 20.8 Å². The van der Waals surface area contributed by atoms with Gasteiger partial charge >= 0.3 is 17.9 Å². The van der Waals surface area contributed by atoms with Gasteiger partial charge in [0.1, 0.15) is 6.61 Å². The summed E-state index contributed by atoms with van der Waals surface area (Å²) in [4.78, 5) is 37.4. The Morgan fingerprint density at radius 3 is 1.13 bits per heavy atom. The van der Waals surface area contributed by atoms with Gasteiger partial charge in [-0.15, -0.1) is 0 Å². The summed E-state index contributed by atoms with van der Waals surface area (Å²) >= 11 is 0. The fourth-order valence-corrected chi connectivity index (χ4v) is 4.00. The molecule has 2 unspecified atom stereocenters. The summed E-state index contributed by atoms with van der Waals surface area (Å²) in [6, 6.07) is 0. The summed E-state index contributed by atoms with van der Waals surface area (Å²) in [5, 5.41) is 0. The molecule has 0 rings (SSSR count). The zero-order valence-corrected chi connectivity index (χ0v) is 28.7. The highest BCUT2D eigenvalue weighted by Crippen LogP contribution is 2.35. The Hall–Kier alpha value is -1.95. The maximum atomic E-state index is 12.6. The van der Waals surface area contributed by atoms with Crippen LogP contribution in [-0.4, -0.2) is 158 Å². The third-order valence-corrected chi connectivity index (χ3v) is 6.41. The number of methoxy groups -OCH3 is 2. The molecule has 0 spiro atoms. The van der Waals surface area contributed by atoms with Crippen molar-refractivity contribution in [3.8, 4) is 0 Å². The third-order valence-electron chi connectivity index (χ3n) is 6.41. The number of ether oxygens (including phenoxy) is 12. The van der Waals surface area contributed by atoms with E-state index in [1.165, 1.54) is 27.9 Å². The Labute approximate surface area is 274 Å². The molecule has 0 aliphatic heterocycles. The van der Waals surface area contributed by atoms with Crippen LogP contribution in [-0.2, 0) is 71.2 Å². The van der Waals surface area contributed by atoms with Crippen LogP contribution in [0.1, 0.15) is 27.7 Å². The molecular formula is C31H58O15. The van der Waals surface area contributed by atoms with Crippen LogP contribution in [0, 0.1) is 17.3 Å². The normalized spacial score (nSPS) is 12.9. The van der Waals surface area contributed by atoms with Gasteiger partial charge in [0, 0.05) is 7.11 Å². The molecule has 0 heterocycles. The summed E-state index contributed by atoms with van der Waals surface area (Å²) in [6.45, 7) is 14.0. The second-order valence-electron chi connectivity index (χ2n) is 10.3. The zero-order chi connectivity index (χ0) is 34.3. The molecule has 0 saturated heterocycles. The van der Waals surface area contributed by atoms with Crippen LogP contribution >= 0.6 is 0 Å². The lowest BCUT2D eigenvalue weighted by Gasteiger charge is -2.33. The van der Waals surface area contributed by atoms with Crippen LogP contribution in [0.15, 0.2) is 0 Å². The van der Waals surface area contributed by atoms with E-state index < -0.39 is 35.2 Å². The van der Waals surface area contributed by atoms with Gasteiger partial charge in [-0.2, -0.15) is 0 Å². The molecule has 2 atom stereocenters. The molecule has 0 aliphatic rings. The van der Waals surface area contributed by atoms with Crippen LogP contribution in [0.2, 0.25) is 0 Å². The molecule has 0 aliphatic carbocycles. The predicted octanol–water partition coefficient (Wildman–Crippen LogP) is 1.32. The molecule has 0 aromatic carbocycles. The van der Waals surface area contributed by atoms with Crippen molar-refractivity contribution in [1.82, 2.24) is 0 Å². The van der Waals surface area contributed by atoms with Crippen LogP contribution in [0.3, 0.4) is 0 Å². The SMILES string of the molecule is CCOC(=O)C(C(C)C(=O)OCCOCCOCCOCCOCCOCCOCCOCCOCCOC)C(C)(C)C(=O)OC. The van der Waals surface area contributed by atoms with E-state index >= 15 is 0 Å². The van der Waals surface area contributed by atoms with Gasteiger partial charge in [0.2, 0.25) is 0 Å². The topological polar surface area (TPSA) is 162 Å². The first-order valence-electron chi connectivity index (χ1n) is 15.8. The van der Waals surface area contributed by atoms with Gasteiger partial charge < -0.3 is 56.8 Å². The van der Waals surface area contributed by atoms with Crippen molar-refractivity contribution in [3.63, 3.8) is 0 Å². The number of carbonyl (C=O) groups is 3. The monoisotopic (exact) mass is 670 g/mol. The van der Waals surface area contributed by atoms with Crippen molar-refractivity contribution in [2.24, 2.45) is 17.3 Å². The fraction of sp³-hybridized carbons (Fsp3) is 0.903. The van der Waals surface area contributed by atoms with Crippen LogP contribution < -0.4 is 0 Å². The molecule has 0 radical (unpaired) electrons. The van der Waals surface area contributed by atoms with Crippen LogP contribution in [0.25, 0.3) is 0 Å². The number of esters is 3. The lowest BCUT2D eigenvalue weighted by atomic mass is 9.72. The molecule has 15 nitrogen and oxygen atoms in total. The highest BCUT2D eigenvalue weighted by atomic mass is 16.6. The minimum Gasteiger partial charge on any atom is -0.469 e. The largest absolute Gasteiger partial charge is 0.469 e. The molecule has 46 heavy (non-hydrogen) atoms. The van der Waals surface area contributed by atoms with E-state index in [0.717, 1.165) is 0 Å². The average molecular weight is 671 g/mol. The van der Waals surface area contributed by atoms with Crippen molar-refractivity contribution < 1.29 is 71.2 Å². The number of hydrogen-bond donors (Lipinski definition) is 0. The van der Waals surface area contributed by atoms with Crippen molar-refractivity contribution in [1.29, 1.82) is 0 Å². The summed E-state index contributed by atoms with van der Waals surface area (Å²) in [5.74, 6) is -3.92. The zero-order valence-electron chi connectivity index (χ0n) is 28.7. The number of rotatable bonds is 33. The predicted molar refractivity (Wildman–Crippen MR) is 164 cm³/mol. The molecule has 0 bridgehead atoms. The Morgan fingerprint density at radius 1 is 0.500 bits per heavy atom. The highest BCUT2D eigenvalue weighted by Gasteiger charge is 2.48. The summed E-state index contributed by atoms with van der Waals surface area (Å²) in [7, 11) is 2.86. The standard InChI is InChI=1S/C31H58O15/c1-7-45-29(33)27(31(3,4)30(34)36-6)26(2)28(32)46-25-24-44-23-22-43-21-20-42-19-18-41-17-16-40-15-14-39-13-12-38-11-10-37-9-8-35-5/h26-27H,7-25H2,1-6H3. The summed E-state index contributed by atoms with van der Waals surface area (Å²) < 4.78 is 63.4. The van der Waals surface area contributed by atoms with Crippen molar-refractivity contribution in [2.75, 3.05) is 140 Å². The fourth-order valence-electron chi connectivity index (χ4n) is 4.00. The molecule has 0 saturated carbocycles. The first-order valence-corrected chi connectivity index (χ1v) is 15.8.